The normalized spacial score (nSPS) is 24.1. The smallest absolute Gasteiger partial charge is 0.249 e. The summed E-state index contributed by atoms with van der Waals surface area (Å²) >= 11 is 12.3. The van der Waals surface area contributed by atoms with Crippen molar-refractivity contribution in [3.8, 4) is 0 Å². The Hall–Kier alpha value is -1.59. The molecule has 27 heavy (non-hydrogen) atoms. The predicted molar refractivity (Wildman–Crippen MR) is 105 cm³/mol. The SMILES string of the molecule is O=C1CO[C@H](c2cccc(Cl)c2)C(c2ccc(Cl)cc2)N1C(CO)C1CC1. The van der Waals surface area contributed by atoms with Gasteiger partial charge in [0.1, 0.15) is 12.7 Å². The van der Waals surface area contributed by atoms with Crippen LogP contribution in [0.5, 0.6) is 0 Å². The van der Waals surface area contributed by atoms with Crippen molar-refractivity contribution in [1.82, 2.24) is 4.90 Å². The first-order valence-corrected chi connectivity index (χ1v) is 9.88. The highest BCUT2D eigenvalue weighted by Gasteiger charge is 2.46. The van der Waals surface area contributed by atoms with Crippen LogP contribution < -0.4 is 0 Å². The maximum Gasteiger partial charge on any atom is 0.249 e. The molecule has 1 amide bonds. The Labute approximate surface area is 168 Å². The lowest BCUT2D eigenvalue weighted by atomic mass is 9.91. The molecule has 4 rings (SSSR count). The van der Waals surface area contributed by atoms with Crippen molar-refractivity contribution in [3.63, 3.8) is 0 Å². The summed E-state index contributed by atoms with van der Waals surface area (Å²) in [6.07, 6.45) is 1.70. The lowest BCUT2D eigenvalue weighted by molar-refractivity contribution is -0.165. The number of morpholine rings is 1. The molecule has 1 aliphatic heterocycles. The lowest BCUT2D eigenvalue weighted by Gasteiger charge is -2.45. The standard InChI is InChI=1S/C21H21Cl2NO3/c22-16-8-6-14(7-9-16)20-21(15-2-1-3-17(23)10-15)27-12-19(26)24(20)18(11-25)13-4-5-13/h1-3,6-10,13,18,20-21,25H,4-5,11-12H2/t18?,20?,21-/m1/s1. The van der Waals surface area contributed by atoms with Crippen molar-refractivity contribution in [2.75, 3.05) is 13.2 Å². The van der Waals surface area contributed by atoms with Gasteiger partial charge in [-0.05, 0) is 54.2 Å². The Morgan fingerprint density at radius 3 is 2.44 bits per heavy atom. The number of benzene rings is 2. The van der Waals surface area contributed by atoms with Crippen molar-refractivity contribution >= 4 is 29.1 Å². The Morgan fingerprint density at radius 2 is 1.81 bits per heavy atom. The van der Waals surface area contributed by atoms with E-state index in [9.17, 15) is 9.90 Å². The maximum absolute atomic E-state index is 12.9. The third kappa shape index (κ3) is 3.85. The molecule has 3 atom stereocenters. The number of aliphatic hydroxyl groups excluding tert-OH is 1. The van der Waals surface area contributed by atoms with Crippen LogP contribution in [0.3, 0.4) is 0 Å². The number of nitrogens with zero attached hydrogens (tertiary/aromatic N) is 1. The van der Waals surface area contributed by atoms with Gasteiger partial charge in [0.25, 0.3) is 0 Å². The molecule has 1 saturated heterocycles. The van der Waals surface area contributed by atoms with E-state index in [0.29, 0.717) is 16.0 Å². The second-order valence-corrected chi connectivity index (χ2v) is 8.04. The monoisotopic (exact) mass is 405 g/mol. The van der Waals surface area contributed by atoms with E-state index in [1.165, 1.54) is 0 Å². The summed E-state index contributed by atoms with van der Waals surface area (Å²) in [5, 5.41) is 11.3. The molecule has 2 aromatic carbocycles. The topological polar surface area (TPSA) is 49.8 Å². The van der Waals surface area contributed by atoms with E-state index >= 15 is 0 Å². The number of aliphatic hydroxyl groups is 1. The minimum absolute atomic E-state index is 0.00943. The molecule has 6 heteroatoms. The molecule has 2 fully saturated rings. The molecule has 0 aromatic heterocycles. The van der Waals surface area contributed by atoms with E-state index in [-0.39, 0.29) is 37.3 Å². The first kappa shape index (κ1) is 18.8. The summed E-state index contributed by atoms with van der Waals surface area (Å²) in [5.41, 5.74) is 1.84. The molecule has 1 N–H and O–H groups in total. The van der Waals surface area contributed by atoms with Gasteiger partial charge in [0.05, 0.1) is 18.7 Å². The van der Waals surface area contributed by atoms with Gasteiger partial charge in [-0.3, -0.25) is 4.79 Å². The van der Waals surface area contributed by atoms with Crippen LogP contribution in [0.25, 0.3) is 0 Å². The van der Waals surface area contributed by atoms with E-state index in [4.69, 9.17) is 27.9 Å². The zero-order valence-corrected chi connectivity index (χ0v) is 16.2. The van der Waals surface area contributed by atoms with Crippen LogP contribution in [-0.2, 0) is 9.53 Å². The third-order valence-electron chi connectivity index (χ3n) is 5.36. The maximum atomic E-state index is 12.9. The quantitative estimate of drug-likeness (QED) is 0.801. The minimum atomic E-state index is -0.365. The molecule has 2 unspecified atom stereocenters. The highest BCUT2D eigenvalue weighted by Crippen LogP contribution is 2.46. The van der Waals surface area contributed by atoms with Crippen LogP contribution in [0.1, 0.15) is 36.1 Å². The molecule has 142 valence electrons. The van der Waals surface area contributed by atoms with Crippen LogP contribution in [0, 0.1) is 5.92 Å². The molecule has 4 nitrogen and oxygen atoms in total. The van der Waals surface area contributed by atoms with Gasteiger partial charge in [0.2, 0.25) is 5.91 Å². The summed E-state index contributed by atoms with van der Waals surface area (Å²) in [6.45, 7) is -0.0622. The van der Waals surface area contributed by atoms with Gasteiger partial charge in [-0.25, -0.2) is 0 Å². The minimum Gasteiger partial charge on any atom is -0.394 e. The van der Waals surface area contributed by atoms with Crippen LogP contribution in [0.2, 0.25) is 10.0 Å². The van der Waals surface area contributed by atoms with E-state index in [2.05, 4.69) is 0 Å². The van der Waals surface area contributed by atoms with Crippen molar-refractivity contribution in [1.29, 1.82) is 0 Å². The average molecular weight is 406 g/mol. The molecule has 1 saturated carbocycles. The van der Waals surface area contributed by atoms with Crippen LogP contribution in [-0.4, -0.2) is 35.2 Å². The Bertz CT molecular complexity index is 822. The molecule has 0 radical (unpaired) electrons. The van der Waals surface area contributed by atoms with E-state index in [1.807, 2.05) is 53.4 Å². The van der Waals surface area contributed by atoms with Crippen molar-refractivity contribution < 1.29 is 14.6 Å². The fraction of sp³-hybridized carbons (Fsp3) is 0.381. The highest BCUT2D eigenvalue weighted by atomic mass is 35.5. The first-order valence-electron chi connectivity index (χ1n) is 9.13. The third-order valence-corrected chi connectivity index (χ3v) is 5.85. The molecule has 2 aliphatic rings. The number of hydrogen-bond acceptors (Lipinski definition) is 3. The number of ether oxygens (including phenoxy) is 1. The number of amides is 1. The van der Waals surface area contributed by atoms with Crippen molar-refractivity contribution in [3.05, 3.63) is 69.7 Å². The Balaban J connectivity index is 1.79. The molecule has 0 bridgehead atoms. The van der Waals surface area contributed by atoms with Gasteiger partial charge in [-0.2, -0.15) is 0 Å². The summed E-state index contributed by atoms with van der Waals surface area (Å²) < 4.78 is 5.99. The van der Waals surface area contributed by atoms with Crippen molar-refractivity contribution in [2.24, 2.45) is 5.92 Å². The van der Waals surface area contributed by atoms with E-state index in [1.54, 1.807) is 0 Å². The second-order valence-electron chi connectivity index (χ2n) is 7.17. The number of hydrogen-bond donors (Lipinski definition) is 1. The number of carbonyl (C=O) groups excluding carboxylic acids is 1. The number of rotatable bonds is 5. The summed E-state index contributed by atoms with van der Waals surface area (Å²) in [7, 11) is 0. The van der Waals surface area contributed by atoms with Gasteiger partial charge < -0.3 is 14.7 Å². The van der Waals surface area contributed by atoms with Crippen LogP contribution in [0.4, 0.5) is 0 Å². The second kappa shape index (κ2) is 7.80. The zero-order valence-electron chi connectivity index (χ0n) is 14.7. The largest absolute Gasteiger partial charge is 0.394 e. The van der Waals surface area contributed by atoms with Crippen molar-refractivity contribution in [2.45, 2.75) is 31.0 Å². The molecule has 1 heterocycles. The van der Waals surface area contributed by atoms with E-state index in [0.717, 1.165) is 24.0 Å². The average Bonchev–Trinajstić information content (AvgIpc) is 3.49. The highest BCUT2D eigenvalue weighted by molar-refractivity contribution is 6.30. The van der Waals surface area contributed by atoms with Crippen LogP contribution >= 0.6 is 23.2 Å². The molecular formula is C21H21Cl2NO3. The number of carbonyl (C=O) groups is 1. The molecular weight excluding hydrogens is 385 g/mol. The number of halogens is 2. The summed E-state index contributed by atoms with van der Waals surface area (Å²) in [6, 6.07) is 14.4. The fourth-order valence-corrected chi connectivity index (χ4v) is 4.25. The van der Waals surface area contributed by atoms with Crippen LogP contribution in [0.15, 0.2) is 48.5 Å². The molecule has 2 aromatic rings. The zero-order chi connectivity index (χ0) is 19.0. The Kier molecular flexibility index (Phi) is 5.42. The summed E-state index contributed by atoms with van der Waals surface area (Å²) in [4.78, 5) is 14.7. The summed E-state index contributed by atoms with van der Waals surface area (Å²) in [5.74, 6) is 0.242. The molecule has 1 aliphatic carbocycles. The van der Waals surface area contributed by atoms with Gasteiger partial charge in [0.15, 0.2) is 0 Å². The van der Waals surface area contributed by atoms with E-state index < -0.39 is 0 Å². The molecule has 0 spiro atoms. The van der Waals surface area contributed by atoms with Gasteiger partial charge in [0, 0.05) is 10.0 Å². The first-order chi connectivity index (χ1) is 13.1. The Morgan fingerprint density at radius 1 is 1.07 bits per heavy atom. The lowest BCUT2D eigenvalue weighted by Crippen LogP contribution is -2.52. The van der Waals surface area contributed by atoms with Gasteiger partial charge in [-0.15, -0.1) is 0 Å². The van der Waals surface area contributed by atoms with Gasteiger partial charge >= 0.3 is 0 Å². The fourth-order valence-electron chi connectivity index (χ4n) is 3.92. The van der Waals surface area contributed by atoms with Gasteiger partial charge in [-0.1, -0.05) is 47.5 Å². The predicted octanol–water partition coefficient (Wildman–Crippen LogP) is 4.41.